The van der Waals surface area contributed by atoms with Gasteiger partial charge < -0.3 is 14.2 Å². The molecule has 1 aliphatic carbocycles. The standard InChI is InChI=1S/C24H31N3O4/c1-3-29-24(28)23-19-14-26(9-8-20(19)27(25-23)13-17-4-5-17)12-16(2)10-18-6-7-21-22(11-18)31-15-30-21/h6-7,11,16-17H,3-5,8-10,12-15H2,1-2H3. The molecule has 0 saturated heterocycles. The fourth-order valence-corrected chi connectivity index (χ4v) is 4.74. The van der Waals surface area contributed by atoms with Crippen LogP contribution in [0.4, 0.5) is 0 Å². The van der Waals surface area contributed by atoms with Gasteiger partial charge in [0.1, 0.15) is 0 Å². The van der Waals surface area contributed by atoms with E-state index in [1.165, 1.54) is 24.1 Å². The van der Waals surface area contributed by atoms with Crippen molar-refractivity contribution in [3.05, 3.63) is 40.7 Å². The highest BCUT2D eigenvalue weighted by Crippen LogP contribution is 2.34. The fourth-order valence-electron chi connectivity index (χ4n) is 4.74. The number of benzene rings is 1. The van der Waals surface area contributed by atoms with Gasteiger partial charge in [-0.2, -0.15) is 5.10 Å². The Morgan fingerprint density at radius 2 is 2.13 bits per heavy atom. The molecule has 5 rings (SSSR count). The minimum absolute atomic E-state index is 0.288. The molecule has 1 fully saturated rings. The minimum Gasteiger partial charge on any atom is -0.461 e. The Bertz CT molecular complexity index is 966. The number of carbonyl (C=O) groups excluding carboxylic acids is 1. The molecule has 31 heavy (non-hydrogen) atoms. The lowest BCUT2D eigenvalue weighted by molar-refractivity contribution is 0.0515. The lowest BCUT2D eigenvalue weighted by Crippen LogP contribution is -2.35. The van der Waals surface area contributed by atoms with E-state index in [4.69, 9.17) is 19.3 Å². The Hall–Kier alpha value is -2.54. The molecule has 2 aromatic rings. The van der Waals surface area contributed by atoms with E-state index in [1.807, 2.05) is 13.0 Å². The number of hydrogen-bond acceptors (Lipinski definition) is 6. The molecule has 0 amide bonds. The number of hydrogen-bond donors (Lipinski definition) is 0. The Morgan fingerprint density at radius 3 is 2.94 bits per heavy atom. The number of carbonyl (C=O) groups is 1. The molecule has 1 aromatic heterocycles. The first-order valence-electron chi connectivity index (χ1n) is 11.5. The maximum Gasteiger partial charge on any atom is 0.359 e. The molecule has 0 bridgehead atoms. The summed E-state index contributed by atoms with van der Waals surface area (Å²) in [4.78, 5) is 15.0. The summed E-state index contributed by atoms with van der Waals surface area (Å²) in [6.45, 7) is 8.47. The summed E-state index contributed by atoms with van der Waals surface area (Å²) in [7, 11) is 0. The van der Waals surface area contributed by atoms with Crippen LogP contribution in [0.5, 0.6) is 11.5 Å². The van der Waals surface area contributed by atoms with Gasteiger partial charge in [0, 0.05) is 43.9 Å². The number of fused-ring (bicyclic) bond motifs is 2. The van der Waals surface area contributed by atoms with Crippen LogP contribution in [0.1, 0.15) is 54.0 Å². The van der Waals surface area contributed by atoms with E-state index in [0.29, 0.717) is 25.0 Å². The normalized spacial score (nSPS) is 18.6. The molecular weight excluding hydrogens is 394 g/mol. The van der Waals surface area contributed by atoms with Crippen molar-refractivity contribution in [2.45, 2.75) is 52.6 Å². The summed E-state index contributed by atoms with van der Waals surface area (Å²) in [6, 6.07) is 6.21. The topological polar surface area (TPSA) is 65.8 Å². The van der Waals surface area contributed by atoms with Crippen molar-refractivity contribution in [3.63, 3.8) is 0 Å². The van der Waals surface area contributed by atoms with Crippen molar-refractivity contribution in [1.82, 2.24) is 14.7 Å². The highest BCUT2D eigenvalue weighted by molar-refractivity contribution is 5.89. The predicted octanol–water partition coefficient (Wildman–Crippen LogP) is 3.44. The molecule has 3 heterocycles. The summed E-state index contributed by atoms with van der Waals surface area (Å²) in [6.07, 6.45) is 4.45. The molecule has 0 N–H and O–H groups in total. The van der Waals surface area contributed by atoms with Crippen molar-refractivity contribution < 1.29 is 19.0 Å². The summed E-state index contributed by atoms with van der Waals surface area (Å²) >= 11 is 0. The predicted molar refractivity (Wildman–Crippen MR) is 115 cm³/mol. The molecule has 7 nitrogen and oxygen atoms in total. The zero-order valence-corrected chi connectivity index (χ0v) is 18.4. The van der Waals surface area contributed by atoms with E-state index >= 15 is 0 Å². The zero-order chi connectivity index (χ0) is 21.4. The smallest absolute Gasteiger partial charge is 0.359 e. The Labute approximate surface area is 183 Å². The number of ether oxygens (including phenoxy) is 3. The first kappa shape index (κ1) is 20.4. The van der Waals surface area contributed by atoms with Crippen molar-refractivity contribution in [2.75, 3.05) is 26.5 Å². The monoisotopic (exact) mass is 425 g/mol. The summed E-state index contributed by atoms with van der Waals surface area (Å²) in [5.74, 6) is 2.58. The van der Waals surface area contributed by atoms with Crippen molar-refractivity contribution in [2.24, 2.45) is 11.8 Å². The average Bonchev–Trinajstić information content (AvgIpc) is 3.32. The first-order chi connectivity index (χ1) is 15.1. The molecule has 2 aliphatic heterocycles. The van der Waals surface area contributed by atoms with Gasteiger partial charge >= 0.3 is 5.97 Å². The third-order valence-electron chi connectivity index (χ3n) is 6.40. The maximum absolute atomic E-state index is 12.6. The second-order valence-electron chi connectivity index (χ2n) is 9.10. The van der Waals surface area contributed by atoms with E-state index in [1.54, 1.807) is 0 Å². The van der Waals surface area contributed by atoms with E-state index in [0.717, 1.165) is 62.0 Å². The van der Waals surface area contributed by atoms with E-state index in [-0.39, 0.29) is 5.97 Å². The lowest BCUT2D eigenvalue weighted by Gasteiger charge is -2.30. The number of aromatic nitrogens is 2. The molecule has 166 valence electrons. The molecule has 7 heteroatoms. The SMILES string of the molecule is CCOC(=O)c1nn(CC2CC2)c2c1CN(CC(C)Cc1ccc3c(c1)OCO3)CC2. The minimum atomic E-state index is -0.288. The first-order valence-corrected chi connectivity index (χ1v) is 11.5. The van der Waals surface area contributed by atoms with Crippen LogP contribution in [-0.2, 0) is 30.7 Å². The van der Waals surface area contributed by atoms with E-state index < -0.39 is 0 Å². The van der Waals surface area contributed by atoms with Crippen LogP contribution in [0.2, 0.25) is 0 Å². The van der Waals surface area contributed by atoms with Gasteiger partial charge in [0.2, 0.25) is 6.79 Å². The Balaban J connectivity index is 1.27. The second kappa shape index (κ2) is 8.54. The van der Waals surface area contributed by atoms with Crippen LogP contribution in [0.15, 0.2) is 18.2 Å². The van der Waals surface area contributed by atoms with Crippen LogP contribution in [-0.4, -0.2) is 47.1 Å². The van der Waals surface area contributed by atoms with Crippen LogP contribution < -0.4 is 9.47 Å². The van der Waals surface area contributed by atoms with Gasteiger partial charge in [-0.15, -0.1) is 0 Å². The Kier molecular flexibility index (Phi) is 5.61. The van der Waals surface area contributed by atoms with Gasteiger partial charge in [-0.25, -0.2) is 4.79 Å². The third kappa shape index (κ3) is 4.42. The van der Waals surface area contributed by atoms with Crippen LogP contribution >= 0.6 is 0 Å². The lowest BCUT2D eigenvalue weighted by atomic mass is 9.98. The number of nitrogens with zero attached hydrogens (tertiary/aromatic N) is 3. The van der Waals surface area contributed by atoms with Gasteiger partial charge in [0.05, 0.1) is 6.61 Å². The summed E-state index contributed by atoms with van der Waals surface area (Å²) in [5.41, 5.74) is 4.08. The van der Waals surface area contributed by atoms with Gasteiger partial charge in [0.25, 0.3) is 0 Å². The molecule has 1 aromatic carbocycles. The third-order valence-corrected chi connectivity index (χ3v) is 6.40. The van der Waals surface area contributed by atoms with Crippen molar-refractivity contribution in [1.29, 1.82) is 0 Å². The molecule has 1 unspecified atom stereocenters. The van der Waals surface area contributed by atoms with Crippen molar-refractivity contribution in [3.8, 4) is 11.5 Å². The molecule has 0 radical (unpaired) electrons. The van der Waals surface area contributed by atoms with Gasteiger partial charge in [-0.1, -0.05) is 13.0 Å². The summed E-state index contributed by atoms with van der Waals surface area (Å²) in [5, 5.41) is 4.69. The molecule has 3 aliphatic rings. The molecular formula is C24H31N3O4. The van der Waals surface area contributed by atoms with Crippen molar-refractivity contribution >= 4 is 5.97 Å². The van der Waals surface area contributed by atoms with E-state index in [9.17, 15) is 4.79 Å². The van der Waals surface area contributed by atoms with Gasteiger partial charge in [0.15, 0.2) is 17.2 Å². The zero-order valence-electron chi connectivity index (χ0n) is 18.4. The van der Waals surface area contributed by atoms with Crippen LogP contribution in [0.25, 0.3) is 0 Å². The highest BCUT2D eigenvalue weighted by atomic mass is 16.7. The van der Waals surface area contributed by atoms with E-state index in [2.05, 4.69) is 28.6 Å². The number of rotatable bonds is 8. The van der Waals surface area contributed by atoms with Crippen LogP contribution in [0, 0.1) is 11.8 Å². The second-order valence-corrected chi connectivity index (χ2v) is 9.10. The van der Waals surface area contributed by atoms with Crippen LogP contribution in [0.3, 0.4) is 0 Å². The largest absolute Gasteiger partial charge is 0.461 e. The van der Waals surface area contributed by atoms with Gasteiger partial charge in [-0.05, 0) is 55.7 Å². The highest BCUT2D eigenvalue weighted by Gasteiger charge is 2.31. The summed E-state index contributed by atoms with van der Waals surface area (Å²) < 4.78 is 18.3. The average molecular weight is 426 g/mol. The van der Waals surface area contributed by atoms with Gasteiger partial charge in [-0.3, -0.25) is 9.58 Å². The number of esters is 1. The fraction of sp³-hybridized carbons (Fsp3) is 0.583. The maximum atomic E-state index is 12.6. The Morgan fingerprint density at radius 1 is 1.29 bits per heavy atom. The molecule has 1 atom stereocenters. The molecule has 0 spiro atoms. The quantitative estimate of drug-likeness (QED) is 0.604. The molecule has 1 saturated carbocycles.